The van der Waals surface area contributed by atoms with Gasteiger partial charge >= 0.3 is 6.18 Å². The number of aromatic nitrogens is 3. The van der Waals surface area contributed by atoms with Gasteiger partial charge < -0.3 is 5.32 Å². The van der Waals surface area contributed by atoms with Crippen LogP contribution in [-0.2, 0) is 12.7 Å². The molecule has 0 saturated carbocycles. The zero-order valence-electron chi connectivity index (χ0n) is 15.7. The van der Waals surface area contributed by atoms with Gasteiger partial charge in [-0.3, -0.25) is 4.79 Å². The van der Waals surface area contributed by atoms with E-state index in [2.05, 4.69) is 15.4 Å². The summed E-state index contributed by atoms with van der Waals surface area (Å²) in [4.78, 5) is 16.5. The molecule has 0 spiro atoms. The van der Waals surface area contributed by atoms with Crippen LogP contribution in [0.4, 0.5) is 13.2 Å². The first-order valence-electron chi connectivity index (χ1n) is 8.81. The van der Waals surface area contributed by atoms with Crippen molar-refractivity contribution in [2.45, 2.75) is 32.5 Å². The Hall–Kier alpha value is -2.87. The fourth-order valence-corrected chi connectivity index (χ4v) is 2.96. The first-order chi connectivity index (χ1) is 13.7. The van der Waals surface area contributed by atoms with Crippen molar-refractivity contribution in [1.29, 1.82) is 0 Å². The van der Waals surface area contributed by atoms with E-state index in [4.69, 9.17) is 11.6 Å². The summed E-state index contributed by atoms with van der Waals surface area (Å²) in [5, 5.41) is 7.61. The Morgan fingerprint density at radius 3 is 2.38 bits per heavy atom. The topological polar surface area (TPSA) is 59.8 Å². The number of nitrogens with zero attached hydrogens (tertiary/aromatic N) is 3. The van der Waals surface area contributed by atoms with E-state index in [9.17, 15) is 18.0 Å². The van der Waals surface area contributed by atoms with Gasteiger partial charge in [0.2, 0.25) is 0 Å². The summed E-state index contributed by atoms with van der Waals surface area (Å²) >= 11 is 5.85. The molecule has 0 aliphatic heterocycles. The summed E-state index contributed by atoms with van der Waals surface area (Å²) in [7, 11) is 0. The van der Waals surface area contributed by atoms with E-state index in [1.165, 1.54) is 16.9 Å². The van der Waals surface area contributed by atoms with E-state index in [0.717, 1.165) is 17.8 Å². The lowest BCUT2D eigenvalue weighted by Gasteiger charge is -2.13. The van der Waals surface area contributed by atoms with Crippen molar-refractivity contribution in [2.24, 2.45) is 0 Å². The number of hydrogen-bond acceptors (Lipinski definition) is 3. The predicted octanol–water partition coefficient (Wildman–Crippen LogP) is 4.99. The molecule has 2 heterocycles. The molecule has 0 fully saturated rings. The number of carbonyl (C=O) groups excluding carboxylic acids is 1. The molecule has 3 rings (SSSR count). The summed E-state index contributed by atoms with van der Waals surface area (Å²) in [6.07, 6.45) is -2.32. The molecule has 152 valence electrons. The normalized spacial score (nSPS) is 11.7. The Bertz CT molecular complexity index is 996. The van der Waals surface area contributed by atoms with Gasteiger partial charge in [0.25, 0.3) is 5.91 Å². The van der Waals surface area contributed by atoms with Gasteiger partial charge in [-0.1, -0.05) is 37.6 Å². The minimum Gasteiger partial charge on any atom is -0.348 e. The molecule has 3 aromatic rings. The molecular weight excluding hydrogens is 405 g/mol. The van der Waals surface area contributed by atoms with Crippen LogP contribution in [0.5, 0.6) is 0 Å². The molecule has 0 aliphatic carbocycles. The summed E-state index contributed by atoms with van der Waals surface area (Å²) < 4.78 is 39.7. The van der Waals surface area contributed by atoms with Crippen molar-refractivity contribution in [1.82, 2.24) is 20.1 Å². The fourth-order valence-electron chi connectivity index (χ4n) is 2.83. The maximum atomic E-state index is 12.8. The molecule has 0 radical (unpaired) electrons. The standard InChI is InChI=1S/C20H18ClF3N4O/c1-12(2)18-16(19(29)26-9-13-3-6-15(21)7-4-13)11-27-28(18)17-8-5-14(10-25-17)20(22,23)24/h3-8,10-12H,9H2,1-2H3,(H,26,29). The number of hydrogen-bond donors (Lipinski definition) is 1. The molecule has 9 heteroatoms. The number of halogens is 4. The van der Waals surface area contributed by atoms with Crippen LogP contribution in [0.25, 0.3) is 5.82 Å². The minimum absolute atomic E-state index is 0.113. The third-order valence-electron chi connectivity index (χ3n) is 4.26. The van der Waals surface area contributed by atoms with Crippen molar-refractivity contribution >= 4 is 17.5 Å². The summed E-state index contributed by atoms with van der Waals surface area (Å²) in [5.41, 5.74) is 0.938. The van der Waals surface area contributed by atoms with Crippen LogP contribution >= 0.6 is 11.6 Å². The van der Waals surface area contributed by atoms with E-state index >= 15 is 0 Å². The molecular formula is C20H18ClF3N4O. The average Bonchev–Trinajstić information content (AvgIpc) is 3.12. The van der Waals surface area contributed by atoms with Gasteiger partial charge in [0.05, 0.1) is 23.0 Å². The Morgan fingerprint density at radius 2 is 1.83 bits per heavy atom. The molecule has 0 aliphatic rings. The third-order valence-corrected chi connectivity index (χ3v) is 4.51. The van der Waals surface area contributed by atoms with Gasteiger partial charge in [0.1, 0.15) is 0 Å². The van der Waals surface area contributed by atoms with Crippen molar-refractivity contribution in [2.75, 3.05) is 0 Å². The van der Waals surface area contributed by atoms with Crippen molar-refractivity contribution < 1.29 is 18.0 Å². The molecule has 0 unspecified atom stereocenters. The van der Waals surface area contributed by atoms with Gasteiger partial charge in [-0.05, 0) is 35.7 Å². The van der Waals surface area contributed by atoms with Gasteiger partial charge in [-0.15, -0.1) is 0 Å². The predicted molar refractivity (Wildman–Crippen MR) is 103 cm³/mol. The van der Waals surface area contributed by atoms with E-state index in [1.807, 2.05) is 26.0 Å². The van der Waals surface area contributed by atoms with Crippen LogP contribution in [-0.4, -0.2) is 20.7 Å². The van der Waals surface area contributed by atoms with Crippen LogP contribution in [0.2, 0.25) is 5.02 Å². The Morgan fingerprint density at radius 1 is 1.14 bits per heavy atom. The molecule has 1 N–H and O–H groups in total. The highest BCUT2D eigenvalue weighted by Crippen LogP contribution is 2.29. The lowest BCUT2D eigenvalue weighted by atomic mass is 10.1. The van der Waals surface area contributed by atoms with E-state index in [0.29, 0.717) is 22.8 Å². The number of alkyl halides is 3. The molecule has 1 aromatic carbocycles. The Kier molecular flexibility index (Phi) is 5.93. The lowest BCUT2D eigenvalue weighted by molar-refractivity contribution is -0.137. The molecule has 0 saturated heterocycles. The molecule has 5 nitrogen and oxygen atoms in total. The SMILES string of the molecule is CC(C)c1c(C(=O)NCc2ccc(Cl)cc2)cnn1-c1ccc(C(F)(F)F)cn1. The highest BCUT2D eigenvalue weighted by Gasteiger charge is 2.31. The molecule has 1 amide bonds. The highest BCUT2D eigenvalue weighted by molar-refractivity contribution is 6.30. The highest BCUT2D eigenvalue weighted by atomic mass is 35.5. The Labute approximate surface area is 170 Å². The first kappa shape index (κ1) is 20.9. The monoisotopic (exact) mass is 422 g/mol. The summed E-state index contributed by atoms with van der Waals surface area (Å²) in [5.74, 6) is -0.238. The molecule has 0 atom stereocenters. The molecule has 2 aromatic heterocycles. The number of rotatable bonds is 5. The van der Waals surface area contributed by atoms with Gasteiger partial charge in [0.15, 0.2) is 5.82 Å². The summed E-state index contributed by atoms with van der Waals surface area (Å²) in [6.45, 7) is 4.04. The van der Waals surface area contributed by atoms with Crippen LogP contribution in [0.15, 0.2) is 48.8 Å². The van der Waals surface area contributed by atoms with Crippen LogP contribution in [0.3, 0.4) is 0 Å². The number of carbonyl (C=O) groups is 1. The van der Waals surface area contributed by atoms with Crippen molar-refractivity contribution in [3.05, 3.63) is 76.2 Å². The second-order valence-electron chi connectivity index (χ2n) is 6.72. The zero-order chi connectivity index (χ0) is 21.2. The largest absolute Gasteiger partial charge is 0.417 e. The minimum atomic E-state index is -4.47. The lowest BCUT2D eigenvalue weighted by Crippen LogP contribution is -2.24. The number of amides is 1. The van der Waals surface area contributed by atoms with Gasteiger partial charge in [0, 0.05) is 17.8 Å². The Balaban J connectivity index is 1.84. The van der Waals surface area contributed by atoms with E-state index in [1.54, 1.807) is 12.1 Å². The third kappa shape index (κ3) is 4.76. The molecule has 29 heavy (non-hydrogen) atoms. The fraction of sp³-hybridized carbons (Fsp3) is 0.250. The summed E-state index contributed by atoms with van der Waals surface area (Å²) in [6, 6.07) is 9.25. The maximum Gasteiger partial charge on any atom is 0.417 e. The smallest absolute Gasteiger partial charge is 0.348 e. The van der Waals surface area contributed by atoms with Gasteiger partial charge in [-0.2, -0.15) is 18.3 Å². The number of nitrogens with one attached hydrogen (secondary N) is 1. The van der Waals surface area contributed by atoms with Crippen LogP contribution in [0.1, 0.15) is 46.9 Å². The van der Waals surface area contributed by atoms with Crippen LogP contribution in [0, 0.1) is 0 Å². The van der Waals surface area contributed by atoms with E-state index in [-0.39, 0.29) is 17.6 Å². The van der Waals surface area contributed by atoms with Crippen LogP contribution < -0.4 is 5.32 Å². The second kappa shape index (κ2) is 8.24. The number of pyridine rings is 1. The second-order valence-corrected chi connectivity index (χ2v) is 7.16. The number of benzene rings is 1. The zero-order valence-corrected chi connectivity index (χ0v) is 16.4. The quantitative estimate of drug-likeness (QED) is 0.630. The average molecular weight is 423 g/mol. The first-order valence-corrected chi connectivity index (χ1v) is 9.19. The molecule has 0 bridgehead atoms. The van der Waals surface area contributed by atoms with Crippen molar-refractivity contribution in [3.63, 3.8) is 0 Å². The van der Waals surface area contributed by atoms with Crippen molar-refractivity contribution in [3.8, 4) is 5.82 Å². The van der Waals surface area contributed by atoms with E-state index < -0.39 is 11.7 Å². The maximum absolute atomic E-state index is 12.8. The van der Waals surface area contributed by atoms with Gasteiger partial charge in [-0.25, -0.2) is 9.67 Å².